The zero-order chi connectivity index (χ0) is 16.6. The van der Waals surface area contributed by atoms with Crippen molar-refractivity contribution < 1.29 is 8.42 Å². The molecule has 0 radical (unpaired) electrons. The van der Waals surface area contributed by atoms with Crippen LogP contribution in [0.5, 0.6) is 0 Å². The molecule has 1 saturated heterocycles. The summed E-state index contributed by atoms with van der Waals surface area (Å²) in [6, 6.07) is 0.985. The van der Waals surface area contributed by atoms with E-state index >= 15 is 0 Å². The Kier molecular flexibility index (Phi) is 4.04. The standard InChI is InChI=1S/C13H17N5O4S/c1-7-2-3-14-6-10(7)18-23(21,22)8-4-9-11(15-5-8)16-13(20)17-12(9)19/h4-5,7,10,14,18H,2-3,6H2,1H3,(H2,15,16,17,19,20). The average Bonchev–Trinajstić information content (AvgIpc) is 2.49. The van der Waals surface area contributed by atoms with Crippen LogP contribution < -0.4 is 21.3 Å². The third kappa shape index (κ3) is 3.19. The van der Waals surface area contributed by atoms with Crippen molar-refractivity contribution in [1.29, 1.82) is 0 Å². The van der Waals surface area contributed by atoms with Gasteiger partial charge in [0.25, 0.3) is 5.56 Å². The molecule has 2 unspecified atom stereocenters. The highest BCUT2D eigenvalue weighted by molar-refractivity contribution is 7.89. The molecule has 2 aromatic heterocycles. The number of rotatable bonds is 3. The minimum atomic E-state index is -3.81. The van der Waals surface area contributed by atoms with Crippen LogP contribution in [-0.2, 0) is 10.0 Å². The molecule has 10 heteroatoms. The first-order valence-electron chi connectivity index (χ1n) is 7.22. The summed E-state index contributed by atoms with van der Waals surface area (Å²) in [4.78, 5) is 31.1. The van der Waals surface area contributed by atoms with Gasteiger partial charge in [-0.3, -0.25) is 14.8 Å². The van der Waals surface area contributed by atoms with E-state index in [0.717, 1.165) is 19.2 Å². The van der Waals surface area contributed by atoms with Gasteiger partial charge in [0.2, 0.25) is 10.0 Å². The van der Waals surface area contributed by atoms with E-state index < -0.39 is 21.3 Å². The fourth-order valence-corrected chi connectivity index (χ4v) is 3.90. The van der Waals surface area contributed by atoms with Crippen LogP contribution in [0.1, 0.15) is 13.3 Å². The summed E-state index contributed by atoms with van der Waals surface area (Å²) >= 11 is 0. The molecule has 23 heavy (non-hydrogen) atoms. The van der Waals surface area contributed by atoms with Crippen LogP contribution in [0.2, 0.25) is 0 Å². The van der Waals surface area contributed by atoms with Crippen molar-refractivity contribution >= 4 is 21.1 Å². The first-order valence-corrected chi connectivity index (χ1v) is 8.70. The van der Waals surface area contributed by atoms with Crippen LogP contribution in [0.4, 0.5) is 0 Å². The van der Waals surface area contributed by atoms with Crippen LogP contribution in [-0.4, -0.2) is 42.5 Å². The van der Waals surface area contributed by atoms with E-state index in [1.807, 2.05) is 11.9 Å². The van der Waals surface area contributed by atoms with Gasteiger partial charge in [-0.15, -0.1) is 0 Å². The lowest BCUT2D eigenvalue weighted by Crippen LogP contribution is -2.50. The maximum atomic E-state index is 12.5. The van der Waals surface area contributed by atoms with Gasteiger partial charge < -0.3 is 5.32 Å². The number of fused-ring (bicyclic) bond motifs is 1. The lowest BCUT2D eigenvalue weighted by Gasteiger charge is -2.29. The molecule has 1 fully saturated rings. The summed E-state index contributed by atoms with van der Waals surface area (Å²) < 4.78 is 27.7. The fraction of sp³-hybridized carbons (Fsp3) is 0.462. The Morgan fingerprint density at radius 2 is 2.09 bits per heavy atom. The number of sulfonamides is 1. The predicted octanol–water partition coefficient (Wildman–Crippen LogP) is -1.11. The summed E-state index contributed by atoms with van der Waals surface area (Å²) in [5.41, 5.74) is -1.32. The number of hydrogen-bond donors (Lipinski definition) is 4. The second kappa shape index (κ2) is 5.87. The van der Waals surface area contributed by atoms with E-state index in [9.17, 15) is 18.0 Å². The van der Waals surface area contributed by atoms with E-state index in [1.165, 1.54) is 6.07 Å². The molecule has 3 rings (SSSR count). The third-order valence-corrected chi connectivity index (χ3v) is 5.47. The monoisotopic (exact) mass is 339 g/mol. The van der Waals surface area contributed by atoms with Crippen LogP contribution in [0, 0.1) is 5.92 Å². The molecule has 0 spiro atoms. The smallest absolute Gasteiger partial charge is 0.315 e. The van der Waals surface area contributed by atoms with Gasteiger partial charge >= 0.3 is 5.69 Å². The minimum Gasteiger partial charge on any atom is -0.315 e. The number of piperidine rings is 1. The van der Waals surface area contributed by atoms with Crippen molar-refractivity contribution in [3.05, 3.63) is 33.1 Å². The Labute approximate surface area is 131 Å². The van der Waals surface area contributed by atoms with Crippen LogP contribution in [0.15, 0.2) is 26.7 Å². The van der Waals surface area contributed by atoms with Crippen molar-refractivity contribution in [1.82, 2.24) is 25.0 Å². The number of nitrogens with zero attached hydrogens (tertiary/aromatic N) is 1. The van der Waals surface area contributed by atoms with Crippen LogP contribution in [0.25, 0.3) is 11.0 Å². The van der Waals surface area contributed by atoms with Gasteiger partial charge in [0.05, 0.1) is 5.39 Å². The molecule has 1 aliphatic rings. The molecule has 3 heterocycles. The molecular weight excluding hydrogens is 322 g/mol. The number of hydrogen-bond acceptors (Lipinski definition) is 6. The molecule has 0 saturated carbocycles. The highest BCUT2D eigenvalue weighted by Crippen LogP contribution is 2.16. The Morgan fingerprint density at radius 3 is 2.83 bits per heavy atom. The minimum absolute atomic E-state index is 0.0160. The van der Waals surface area contributed by atoms with Gasteiger partial charge in [0.15, 0.2) is 0 Å². The Balaban J connectivity index is 1.98. The number of aromatic nitrogens is 3. The van der Waals surface area contributed by atoms with Gasteiger partial charge in [-0.2, -0.15) is 0 Å². The van der Waals surface area contributed by atoms with Crippen LogP contribution in [0.3, 0.4) is 0 Å². The SMILES string of the molecule is CC1CCNCC1NS(=O)(=O)c1cnc2[nH]c(=O)[nH]c(=O)c2c1. The largest absolute Gasteiger partial charge is 0.327 e. The van der Waals surface area contributed by atoms with Crippen molar-refractivity contribution in [2.24, 2.45) is 5.92 Å². The maximum Gasteiger partial charge on any atom is 0.327 e. The van der Waals surface area contributed by atoms with E-state index in [1.54, 1.807) is 0 Å². The second-order valence-corrected chi connectivity index (χ2v) is 7.39. The lowest BCUT2D eigenvalue weighted by atomic mass is 9.96. The first-order chi connectivity index (χ1) is 10.9. The molecule has 2 atom stereocenters. The van der Waals surface area contributed by atoms with E-state index in [-0.39, 0.29) is 27.9 Å². The lowest BCUT2D eigenvalue weighted by molar-refractivity contribution is 0.327. The number of nitrogens with one attached hydrogen (secondary N) is 4. The quantitative estimate of drug-likeness (QED) is 0.559. The zero-order valence-corrected chi connectivity index (χ0v) is 13.2. The summed E-state index contributed by atoms with van der Waals surface area (Å²) in [5.74, 6) is 0.208. The molecule has 2 aromatic rings. The molecule has 9 nitrogen and oxygen atoms in total. The van der Waals surface area contributed by atoms with Gasteiger partial charge in [-0.1, -0.05) is 6.92 Å². The van der Waals surface area contributed by atoms with Crippen molar-refractivity contribution in [2.75, 3.05) is 13.1 Å². The zero-order valence-electron chi connectivity index (χ0n) is 12.4. The summed E-state index contributed by atoms with van der Waals surface area (Å²) in [5, 5.41) is 3.16. The van der Waals surface area contributed by atoms with E-state index in [0.29, 0.717) is 6.54 Å². The molecular formula is C13H17N5O4S. The normalized spacial score (nSPS) is 22.3. The summed E-state index contributed by atoms with van der Waals surface area (Å²) in [6.45, 7) is 3.40. The second-order valence-electron chi connectivity index (χ2n) is 5.67. The highest BCUT2D eigenvalue weighted by atomic mass is 32.2. The molecule has 124 valence electrons. The van der Waals surface area contributed by atoms with Gasteiger partial charge in [-0.25, -0.2) is 22.9 Å². The fourth-order valence-electron chi connectivity index (χ4n) is 2.59. The van der Waals surface area contributed by atoms with E-state index in [2.05, 4.69) is 20.0 Å². The third-order valence-electron chi connectivity index (χ3n) is 4.01. The molecule has 0 aromatic carbocycles. The van der Waals surface area contributed by atoms with Crippen LogP contribution >= 0.6 is 0 Å². The maximum absolute atomic E-state index is 12.5. The Hall–Kier alpha value is -2.04. The molecule has 4 N–H and O–H groups in total. The number of aromatic amines is 2. The van der Waals surface area contributed by atoms with Gasteiger partial charge in [-0.05, 0) is 24.9 Å². The van der Waals surface area contributed by atoms with Crippen molar-refractivity contribution in [3.63, 3.8) is 0 Å². The predicted molar refractivity (Wildman–Crippen MR) is 83.7 cm³/mol. The first kappa shape index (κ1) is 15.8. The van der Waals surface area contributed by atoms with Crippen molar-refractivity contribution in [3.8, 4) is 0 Å². The summed E-state index contributed by atoms with van der Waals surface area (Å²) in [7, 11) is -3.81. The molecule has 0 amide bonds. The summed E-state index contributed by atoms with van der Waals surface area (Å²) in [6.07, 6.45) is 2.00. The number of H-pyrrole nitrogens is 2. The number of pyridine rings is 1. The van der Waals surface area contributed by atoms with Gasteiger partial charge in [0, 0.05) is 18.8 Å². The average molecular weight is 339 g/mol. The van der Waals surface area contributed by atoms with Gasteiger partial charge in [0.1, 0.15) is 10.5 Å². The molecule has 0 bridgehead atoms. The highest BCUT2D eigenvalue weighted by Gasteiger charge is 2.27. The molecule has 1 aliphatic heterocycles. The Morgan fingerprint density at radius 1 is 1.30 bits per heavy atom. The molecule has 0 aliphatic carbocycles. The van der Waals surface area contributed by atoms with E-state index in [4.69, 9.17) is 0 Å². The Bertz CT molecular complexity index is 949. The topological polar surface area (TPSA) is 137 Å². The van der Waals surface area contributed by atoms with Crippen molar-refractivity contribution in [2.45, 2.75) is 24.3 Å².